The maximum atomic E-state index is 12.2. The van der Waals surface area contributed by atoms with Gasteiger partial charge in [0, 0.05) is 30.0 Å². The molecule has 3 rings (SSSR count). The van der Waals surface area contributed by atoms with E-state index in [1.165, 1.54) is 7.11 Å². The van der Waals surface area contributed by atoms with Gasteiger partial charge in [-0.1, -0.05) is 42.5 Å². The minimum absolute atomic E-state index is 0.0298. The lowest BCUT2D eigenvalue weighted by Gasteiger charge is -2.10. The molecule has 1 unspecified atom stereocenters. The molecular formula is C23H24N2O4S. The number of nitrogens with zero attached hydrogens (tertiary/aromatic N) is 1. The average molecular weight is 425 g/mol. The zero-order valence-corrected chi connectivity index (χ0v) is 17.5. The van der Waals surface area contributed by atoms with Gasteiger partial charge >= 0.3 is 5.97 Å². The van der Waals surface area contributed by atoms with E-state index >= 15 is 0 Å². The summed E-state index contributed by atoms with van der Waals surface area (Å²) in [5.74, 6) is 0.706. The van der Waals surface area contributed by atoms with Crippen LogP contribution in [-0.4, -0.2) is 39.7 Å². The third kappa shape index (κ3) is 5.52. The summed E-state index contributed by atoms with van der Waals surface area (Å²) >= 11 is 0. The summed E-state index contributed by atoms with van der Waals surface area (Å²) in [6.07, 6.45) is 2.13. The summed E-state index contributed by atoms with van der Waals surface area (Å²) in [6.45, 7) is 0.584. The number of methoxy groups -OCH3 is 1. The lowest BCUT2D eigenvalue weighted by Crippen LogP contribution is -2.05. The lowest BCUT2D eigenvalue weighted by molar-refractivity contribution is 0.0601. The predicted molar refractivity (Wildman–Crippen MR) is 118 cm³/mol. The maximum absolute atomic E-state index is 12.2. The molecule has 0 spiro atoms. The van der Waals surface area contributed by atoms with Gasteiger partial charge in [-0.2, -0.15) is 0 Å². The topological polar surface area (TPSA) is 88.5 Å². The van der Waals surface area contributed by atoms with E-state index < -0.39 is 10.8 Å². The van der Waals surface area contributed by atoms with Gasteiger partial charge in [-0.15, -0.1) is 0 Å². The number of benzene rings is 2. The van der Waals surface area contributed by atoms with Crippen molar-refractivity contribution in [2.24, 2.45) is 0 Å². The molecule has 7 heteroatoms. The summed E-state index contributed by atoms with van der Waals surface area (Å²) < 4.78 is 17.1. The number of pyridine rings is 1. The van der Waals surface area contributed by atoms with Crippen molar-refractivity contribution in [2.75, 3.05) is 24.8 Å². The van der Waals surface area contributed by atoms with Gasteiger partial charge in [0.15, 0.2) is 0 Å². The number of hydrogen-bond donors (Lipinski definition) is 2. The highest BCUT2D eigenvalue weighted by molar-refractivity contribution is 7.85. The van der Waals surface area contributed by atoms with Crippen LogP contribution >= 0.6 is 0 Å². The number of aromatic nitrogens is 1. The van der Waals surface area contributed by atoms with Crippen molar-refractivity contribution in [3.8, 4) is 11.1 Å². The van der Waals surface area contributed by atoms with Crippen molar-refractivity contribution in [1.29, 1.82) is 0 Å². The maximum Gasteiger partial charge on any atom is 0.338 e. The van der Waals surface area contributed by atoms with Crippen molar-refractivity contribution in [3.05, 3.63) is 78.0 Å². The minimum atomic E-state index is -1.15. The number of esters is 1. The van der Waals surface area contributed by atoms with Gasteiger partial charge in [0.25, 0.3) is 0 Å². The second-order valence-electron chi connectivity index (χ2n) is 6.59. The molecule has 0 aliphatic carbocycles. The Kier molecular flexibility index (Phi) is 7.70. The number of rotatable bonds is 9. The molecule has 156 valence electrons. The lowest BCUT2D eigenvalue weighted by atomic mass is 9.99. The number of carbonyl (C=O) groups is 1. The van der Waals surface area contributed by atoms with Crippen LogP contribution in [0.5, 0.6) is 0 Å². The van der Waals surface area contributed by atoms with E-state index in [0.29, 0.717) is 35.0 Å². The quantitative estimate of drug-likeness (QED) is 0.510. The van der Waals surface area contributed by atoms with Crippen LogP contribution in [0.4, 0.5) is 5.82 Å². The normalized spacial score (nSPS) is 11.7. The number of nitrogens with one attached hydrogen (secondary N) is 1. The largest absolute Gasteiger partial charge is 0.465 e. The third-order valence-corrected chi connectivity index (χ3v) is 5.99. The first-order valence-corrected chi connectivity index (χ1v) is 10.9. The zero-order chi connectivity index (χ0) is 21.3. The predicted octanol–water partition coefficient (Wildman–Crippen LogP) is 3.64. The molecule has 3 aromatic rings. The molecule has 0 radical (unpaired) electrons. The SMILES string of the molecule is COC(=O)c1ccccc1-c1ccc(CNc2cc(S(=O)CCCO)ccn2)cc1. The van der Waals surface area contributed by atoms with E-state index in [4.69, 9.17) is 9.84 Å². The molecule has 30 heavy (non-hydrogen) atoms. The van der Waals surface area contributed by atoms with Gasteiger partial charge in [-0.25, -0.2) is 9.78 Å². The third-order valence-electron chi connectivity index (χ3n) is 4.55. The zero-order valence-electron chi connectivity index (χ0n) is 16.7. The van der Waals surface area contributed by atoms with Crippen LogP contribution in [0.3, 0.4) is 0 Å². The first-order valence-electron chi connectivity index (χ1n) is 9.58. The van der Waals surface area contributed by atoms with Crippen molar-refractivity contribution >= 4 is 22.6 Å². The van der Waals surface area contributed by atoms with Crippen LogP contribution in [0.15, 0.2) is 71.8 Å². The average Bonchev–Trinajstić information content (AvgIpc) is 2.81. The Bertz CT molecular complexity index is 1020. The smallest absolute Gasteiger partial charge is 0.338 e. The number of ether oxygens (including phenoxy) is 1. The molecule has 1 atom stereocenters. The van der Waals surface area contributed by atoms with Gasteiger partial charge in [-0.05, 0) is 41.3 Å². The summed E-state index contributed by atoms with van der Waals surface area (Å²) in [4.78, 5) is 17.0. The molecule has 2 aromatic carbocycles. The monoisotopic (exact) mass is 424 g/mol. The molecule has 0 fully saturated rings. The van der Waals surface area contributed by atoms with E-state index in [1.807, 2.05) is 42.5 Å². The van der Waals surface area contributed by atoms with Crippen LogP contribution < -0.4 is 5.32 Å². The van der Waals surface area contributed by atoms with Crippen LogP contribution in [-0.2, 0) is 22.1 Å². The second-order valence-corrected chi connectivity index (χ2v) is 8.16. The van der Waals surface area contributed by atoms with Gasteiger partial charge in [0.2, 0.25) is 0 Å². The van der Waals surface area contributed by atoms with Crippen LogP contribution in [0, 0.1) is 0 Å². The first-order chi connectivity index (χ1) is 14.6. The molecule has 0 amide bonds. The Morgan fingerprint density at radius 3 is 2.63 bits per heavy atom. The van der Waals surface area contributed by atoms with E-state index in [2.05, 4.69) is 10.3 Å². The number of anilines is 1. The van der Waals surface area contributed by atoms with Gasteiger partial charge in [0.1, 0.15) is 5.82 Å². The highest BCUT2D eigenvalue weighted by atomic mass is 32.2. The van der Waals surface area contributed by atoms with Gasteiger partial charge in [-0.3, -0.25) is 4.21 Å². The second kappa shape index (κ2) is 10.7. The number of aliphatic hydroxyl groups is 1. The standard InChI is InChI=1S/C23H24N2O4S/c1-29-23(27)21-6-3-2-5-20(21)18-9-7-17(8-10-18)16-25-22-15-19(11-12-24-22)30(28)14-4-13-26/h2-3,5-12,15,26H,4,13-14,16H2,1H3,(H,24,25). The molecule has 2 N–H and O–H groups in total. The first kappa shape index (κ1) is 21.7. The fourth-order valence-electron chi connectivity index (χ4n) is 2.98. The molecule has 1 heterocycles. The molecule has 1 aromatic heterocycles. The molecule has 0 aliphatic rings. The van der Waals surface area contributed by atoms with Gasteiger partial charge < -0.3 is 15.2 Å². The Morgan fingerprint density at radius 1 is 1.13 bits per heavy atom. The van der Waals surface area contributed by atoms with E-state index in [9.17, 15) is 9.00 Å². The minimum Gasteiger partial charge on any atom is -0.465 e. The summed E-state index contributed by atoms with van der Waals surface area (Å²) in [7, 11) is 0.223. The molecule has 0 saturated heterocycles. The molecule has 0 saturated carbocycles. The highest BCUT2D eigenvalue weighted by Gasteiger charge is 2.12. The Balaban J connectivity index is 1.68. The van der Waals surface area contributed by atoms with Crippen molar-refractivity contribution < 1.29 is 18.8 Å². The van der Waals surface area contributed by atoms with Crippen LogP contribution in [0.1, 0.15) is 22.3 Å². The summed E-state index contributed by atoms with van der Waals surface area (Å²) in [5.41, 5.74) is 3.33. The van der Waals surface area contributed by atoms with E-state index in [0.717, 1.165) is 16.7 Å². The van der Waals surface area contributed by atoms with Crippen molar-refractivity contribution in [2.45, 2.75) is 17.9 Å². The number of aliphatic hydroxyl groups excluding tert-OH is 1. The van der Waals surface area contributed by atoms with Gasteiger partial charge in [0.05, 0.1) is 23.5 Å². The van der Waals surface area contributed by atoms with Crippen LogP contribution in [0.2, 0.25) is 0 Å². The van der Waals surface area contributed by atoms with Crippen LogP contribution in [0.25, 0.3) is 11.1 Å². The Morgan fingerprint density at radius 2 is 1.90 bits per heavy atom. The van der Waals surface area contributed by atoms with E-state index in [1.54, 1.807) is 24.4 Å². The van der Waals surface area contributed by atoms with Crippen molar-refractivity contribution in [3.63, 3.8) is 0 Å². The van der Waals surface area contributed by atoms with Crippen molar-refractivity contribution in [1.82, 2.24) is 4.98 Å². The molecular weight excluding hydrogens is 400 g/mol. The fraction of sp³-hybridized carbons (Fsp3) is 0.217. The highest BCUT2D eigenvalue weighted by Crippen LogP contribution is 2.25. The Hall–Kier alpha value is -3.03. The molecule has 0 aliphatic heterocycles. The number of carbonyl (C=O) groups excluding carboxylic acids is 1. The molecule has 6 nitrogen and oxygen atoms in total. The Labute approximate surface area is 178 Å². The van der Waals surface area contributed by atoms with E-state index in [-0.39, 0.29) is 12.6 Å². The molecule has 0 bridgehead atoms. The fourth-order valence-corrected chi connectivity index (χ4v) is 4.06. The summed E-state index contributed by atoms with van der Waals surface area (Å²) in [6, 6.07) is 18.7. The number of hydrogen-bond acceptors (Lipinski definition) is 6. The summed E-state index contributed by atoms with van der Waals surface area (Å²) in [5, 5.41) is 12.1.